The number of nitrogens with zero attached hydrogens (tertiary/aromatic N) is 1. The lowest BCUT2D eigenvalue weighted by atomic mass is 10.1. The molecular formula is C12H14F2N4O. The van der Waals surface area contributed by atoms with Crippen molar-refractivity contribution in [2.24, 2.45) is 5.73 Å². The number of H-pyrrole nitrogens is 1. The molecule has 0 atom stereocenters. The standard InChI is InChI=1S/C12H14F2N4O/c13-12(14,6-15)7-16-11(19)5-10-8-3-1-2-4-9(8)17-18-10/h1-4H,5-7,15H2,(H,16,19)(H,17,18). The topological polar surface area (TPSA) is 83.8 Å². The summed E-state index contributed by atoms with van der Waals surface area (Å²) in [6.07, 6.45) is -0.0266. The molecule has 5 nitrogen and oxygen atoms in total. The van der Waals surface area contributed by atoms with Crippen molar-refractivity contribution in [3.8, 4) is 0 Å². The maximum absolute atomic E-state index is 12.9. The molecule has 2 aromatic rings. The average molecular weight is 268 g/mol. The Labute approximate surface area is 108 Å². The van der Waals surface area contributed by atoms with Crippen LogP contribution in [-0.2, 0) is 11.2 Å². The molecule has 19 heavy (non-hydrogen) atoms. The zero-order valence-corrected chi connectivity index (χ0v) is 10.1. The third-order valence-electron chi connectivity index (χ3n) is 2.72. The van der Waals surface area contributed by atoms with Gasteiger partial charge in [-0.25, -0.2) is 8.78 Å². The Hall–Kier alpha value is -2.02. The van der Waals surface area contributed by atoms with Gasteiger partial charge in [0.05, 0.1) is 30.7 Å². The molecule has 2 rings (SSSR count). The summed E-state index contributed by atoms with van der Waals surface area (Å²) < 4.78 is 25.8. The summed E-state index contributed by atoms with van der Waals surface area (Å²) in [5.74, 6) is -3.58. The van der Waals surface area contributed by atoms with Gasteiger partial charge in [0.1, 0.15) is 0 Å². The molecule has 1 amide bonds. The molecule has 0 fully saturated rings. The van der Waals surface area contributed by atoms with E-state index in [0.717, 1.165) is 10.9 Å². The van der Waals surface area contributed by atoms with Crippen LogP contribution < -0.4 is 11.1 Å². The van der Waals surface area contributed by atoms with Crippen LogP contribution in [0.2, 0.25) is 0 Å². The normalized spacial score (nSPS) is 11.7. The van der Waals surface area contributed by atoms with Gasteiger partial charge in [-0.2, -0.15) is 5.10 Å². The summed E-state index contributed by atoms with van der Waals surface area (Å²) in [4.78, 5) is 11.6. The van der Waals surface area contributed by atoms with E-state index < -0.39 is 24.9 Å². The van der Waals surface area contributed by atoms with Crippen LogP contribution in [0.4, 0.5) is 8.78 Å². The maximum Gasteiger partial charge on any atom is 0.277 e. The molecule has 0 aliphatic carbocycles. The first kappa shape index (κ1) is 13.4. The number of hydrogen-bond donors (Lipinski definition) is 3. The molecule has 4 N–H and O–H groups in total. The highest BCUT2D eigenvalue weighted by molar-refractivity contribution is 5.87. The number of amides is 1. The monoisotopic (exact) mass is 268 g/mol. The van der Waals surface area contributed by atoms with Gasteiger partial charge in [-0.05, 0) is 6.07 Å². The van der Waals surface area contributed by atoms with Crippen molar-refractivity contribution in [2.75, 3.05) is 13.1 Å². The fourth-order valence-electron chi connectivity index (χ4n) is 1.67. The van der Waals surface area contributed by atoms with Crippen molar-refractivity contribution in [1.29, 1.82) is 0 Å². The third kappa shape index (κ3) is 3.25. The van der Waals surface area contributed by atoms with Crippen molar-refractivity contribution in [3.05, 3.63) is 30.0 Å². The Kier molecular flexibility index (Phi) is 3.75. The van der Waals surface area contributed by atoms with E-state index in [0.29, 0.717) is 5.69 Å². The second-order valence-electron chi connectivity index (χ2n) is 4.23. The number of aromatic amines is 1. The zero-order valence-electron chi connectivity index (χ0n) is 10.1. The number of carbonyl (C=O) groups is 1. The highest BCUT2D eigenvalue weighted by Crippen LogP contribution is 2.15. The van der Waals surface area contributed by atoms with Gasteiger partial charge >= 0.3 is 0 Å². The fraction of sp³-hybridized carbons (Fsp3) is 0.333. The Bertz CT molecular complexity index is 582. The number of alkyl halides is 2. The summed E-state index contributed by atoms with van der Waals surface area (Å²) in [6, 6.07) is 7.27. The molecule has 102 valence electrons. The molecule has 1 aromatic carbocycles. The van der Waals surface area contributed by atoms with Gasteiger partial charge in [-0.15, -0.1) is 0 Å². The number of nitrogens with one attached hydrogen (secondary N) is 2. The SMILES string of the molecule is NCC(F)(F)CNC(=O)Cc1[nH]nc2ccccc12. The van der Waals surface area contributed by atoms with E-state index in [-0.39, 0.29) is 6.42 Å². The van der Waals surface area contributed by atoms with Gasteiger partial charge in [0.15, 0.2) is 0 Å². The van der Waals surface area contributed by atoms with Crippen molar-refractivity contribution < 1.29 is 13.6 Å². The number of carbonyl (C=O) groups excluding carboxylic acids is 1. The molecule has 0 unspecified atom stereocenters. The summed E-state index contributed by atoms with van der Waals surface area (Å²) >= 11 is 0. The molecule has 0 saturated heterocycles. The number of nitrogens with two attached hydrogens (primary N) is 1. The third-order valence-corrected chi connectivity index (χ3v) is 2.72. The minimum absolute atomic E-state index is 0.0266. The highest BCUT2D eigenvalue weighted by Gasteiger charge is 2.27. The molecule has 0 saturated carbocycles. The smallest absolute Gasteiger partial charge is 0.277 e. The van der Waals surface area contributed by atoms with Crippen molar-refractivity contribution in [1.82, 2.24) is 15.5 Å². The minimum Gasteiger partial charge on any atom is -0.350 e. The number of fused-ring (bicyclic) bond motifs is 1. The molecule has 0 radical (unpaired) electrons. The molecular weight excluding hydrogens is 254 g/mol. The van der Waals surface area contributed by atoms with Crippen LogP contribution in [0.25, 0.3) is 10.9 Å². The number of aromatic nitrogens is 2. The molecule has 0 spiro atoms. The van der Waals surface area contributed by atoms with E-state index in [2.05, 4.69) is 15.5 Å². The van der Waals surface area contributed by atoms with Crippen LogP contribution in [-0.4, -0.2) is 35.1 Å². The van der Waals surface area contributed by atoms with Crippen LogP contribution in [0.3, 0.4) is 0 Å². The predicted molar refractivity (Wildman–Crippen MR) is 66.8 cm³/mol. The summed E-state index contributed by atoms with van der Waals surface area (Å²) in [5.41, 5.74) is 6.22. The maximum atomic E-state index is 12.9. The quantitative estimate of drug-likeness (QED) is 0.750. The van der Waals surface area contributed by atoms with Crippen LogP contribution >= 0.6 is 0 Å². The summed E-state index contributed by atoms with van der Waals surface area (Å²) in [7, 11) is 0. The molecule has 1 aromatic heterocycles. The number of rotatable bonds is 5. The van der Waals surface area contributed by atoms with E-state index in [1.165, 1.54) is 0 Å². The molecule has 0 aliphatic heterocycles. The number of hydrogen-bond acceptors (Lipinski definition) is 3. The first-order chi connectivity index (χ1) is 9.02. The first-order valence-electron chi connectivity index (χ1n) is 5.78. The molecule has 0 bridgehead atoms. The van der Waals surface area contributed by atoms with Crippen LogP contribution in [0, 0.1) is 0 Å². The van der Waals surface area contributed by atoms with Gasteiger partial charge in [-0.3, -0.25) is 9.89 Å². The van der Waals surface area contributed by atoms with E-state index in [1.54, 1.807) is 6.07 Å². The second kappa shape index (κ2) is 5.31. The Balaban J connectivity index is 1.99. The Morgan fingerprint density at radius 1 is 1.42 bits per heavy atom. The lowest BCUT2D eigenvalue weighted by Gasteiger charge is -2.14. The zero-order chi connectivity index (χ0) is 13.9. The van der Waals surface area contributed by atoms with Crippen molar-refractivity contribution >= 4 is 16.8 Å². The van der Waals surface area contributed by atoms with Crippen LogP contribution in [0.1, 0.15) is 5.69 Å². The Morgan fingerprint density at radius 3 is 2.89 bits per heavy atom. The Morgan fingerprint density at radius 2 is 2.16 bits per heavy atom. The van der Waals surface area contributed by atoms with E-state index in [1.807, 2.05) is 18.2 Å². The number of halogens is 2. The summed E-state index contributed by atoms with van der Waals surface area (Å²) in [5, 5.41) is 9.73. The molecule has 0 aliphatic rings. The lowest BCUT2D eigenvalue weighted by molar-refractivity contribution is -0.122. The van der Waals surface area contributed by atoms with Gasteiger partial charge in [-0.1, -0.05) is 18.2 Å². The first-order valence-corrected chi connectivity index (χ1v) is 5.78. The van der Waals surface area contributed by atoms with Crippen LogP contribution in [0.15, 0.2) is 24.3 Å². The van der Waals surface area contributed by atoms with Gasteiger partial charge < -0.3 is 11.1 Å². The van der Waals surface area contributed by atoms with E-state index in [4.69, 9.17) is 5.73 Å². The van der Waals surface area contributed by atoms with Gasteiger partial charge in [0, 0.05) is 5.39 Å². The van der Waals surface area contributed by atoms with Crippen molar-refractivity contribution in [3.63, 3.8) is 0 Å². The van der Waals surface area contributed by atoms with Crippen molar-refractivity contribution in [2.45, 2.75) is 12.3 Å². The number of para-hydroxylation sites is 1. The molecule has 7 heteroatoms. The largest absolute Gasteiger partial charge is 0.350 e. The fourth-order valence-corrected chi connectivity index (χ4v) is 1.67. The number of benzene rings is 1. The minimum atomic E-state index is -3.08. The second-order valence-corrected chi connectivity index (χ2v) is 4.23. The van der Waals surface area contributed by atoms with Gasteiger partial charge in [0.2, 0.25) is 5.91 Å². The highest BCUT2D eigenvalue weighted by atomic mass is 19.3. The van der Waals surface area contributed by atoms with E-state index in [9.17, 15) is 13.6 Å². The predicted octanol–water partition coefficient (Wildman–Crippen LogP) is 0.816. The average Bonchev–Trinajstić information content (AvgIpc) is 2.80. The van der Waals surface area contributed by atoms with Crippen LogP contribution in [0.5, 0.6) is 0 Å². The van der Waals surface area contributed by atoms with Gasteiger partial charge in [0.25, 0.3) is 5.92 Å². The summed E-state index contributed by atoms with van der Waals surface area (Å²) in [6.45, 7) is -1.55. The lowest BCUT2D eigenvalue weighted by Crippen LogP contribution is -2.42. The van der Waals surface area contributed by atoms with E-state index >= 15 is 0 Å². The molecule has 1 heterocycles.